The molecule has 2 heterocycles. The van der Waals surface area contributed by atoms with Crippen molar-refractivity contribution in [3.8, 4) is 11.3 Å². The maximum atomic E-state index is 14.9. The molecule has 0 bridgehead atoms. The van der Waals surface area contributed by atoms with Crippen LogP contribution in [0.15, 0.2) is 54.7 Å². The fourth-order valence-corrected chi connectivity index (χ4v) is 5.19. The molecule has 0 aliphatic carbocycles. The number of aliphatic hydroxyl groups excluding tert-OH is 1. The van der Waals surface area contributed by atoms with E-state index in [1.165, 1.54) is 0 Å². The minimum absolute atomic E-state index is 0.0146. The first kappa shape index (κ1) is 29.6. The molecule has 3 atom stereocenters. The molecule has 1 saturated heterocycles. The number of likely N-dealkylation sites (tertiary alicyclic amines) is 1. The van der Waals surface area contributed by atoms with E-state index in [1.807, 2.05) is 55.7 Å². The van der Waals surface area contributed by atoms with Crippen molar-refractivity contribution in [2.45, 2.75) is 58.3 Å². The van der Waals surface area contributed by atoms with Gasteiger partial charge in [0, 0.05) is 44.0 Å². The summed E-state index contributed by atoms with van der Waals surface area (Å²) in [6.45, 7) is 6.29. The van der Waals surface area contributed by atoms with Gasteiger partial charge in [-0.05, 0) is 42.0 Å². The number of benzene rings is 2. The Morgan fingerprint density at radius 1 is 1.20 bits per heavy atom. The Balaban J connectivity index is 1.86. The van der Waals surface area contributed by atoms with E-state index in [0.717, 1.165) is 23.8 Å². The zero-order chi connectivity index (χ0) is 29.0. The second kappa shape index (κ2) is 12.4. The minimum atomic E-state index is -0.749. The molecule has 0 saturated carbocycles. The third-order valence-corrected chi connectivity index (χ3v) is 7.20. The van der Waals surface area contributed by atoms with Crippen LogP contribution >= 0.6 is 0 Å². The summed E-state index contributed by atoms with van der Waals surface area (Å²) in [5.41, 5.74) is 6.56. The molecule has 1 fully saturated rings. The van der Waals surface area contributed by atoms with Crippen molar-refractivity contribution in [3.63, 3.8) is 0 Å². The Kier molecular flexibility index (Phi) is 9.20. The quantitative estimate of drug-likeness (QED) is 0.382. The highest BCUT2D eigenvalue weighted by Gasteiger charge is 2.41. The fourth-order valence-electron chi connectivity index (χ4n) is 5.19. The lowest BCUT2D eigenvalue weighted by molar-refractivity contribution is 0.0820. The van der Waals surface area contributed by atoms with Crippen molar-refractivity contribution in [1.82, 2.24) is 19.4 Å². The van der Waals surface area contributed by atoms with Crippen LogP contribution in [0.5, 0.6) is 0 Å². The van der Waals surface area contributed by atoms with E-state index in [-0.39, 0.29) is 36.8 Å². The average Bonchev–Trinajstić information content (AvgIpc) is 3.53. The number of rotatable bonds is 9. The summed E-state index contributed by atoms with van der Waals surface area (Å²) < 4.78 is 44.3. The summed E-state index contributed by atoms with van der Waals surface area (Å²) in [4.78, 5) is 22.0. The van der Waals surface area contributed by atoms with Gasteiger partial charge in [0.05, 0.1) is 17.8 Å². The van der Waals surface area contributed by atoms with Gasteiger partial charge in [0.25, 0.3) is 0 Å². The van der Waals surface area contributed by atoms with Crippen LogP contribution < -0.4 is 5.73 Å². The molecular weight excluding hydrogens is 519 g/mol. The molecule has 1 aromatic heterocycles. The molecule has 0 spiro atoms. The zero-order valence-corrected chi connectivity index (χ0v) is 23.2. The highest BCUT2D eigenvalue weighted by molar-refractivity contribution is 5.75. The van der Waals surface area contributed by atoms with Gasteiger partial charge in [-0.25, -0.2) is 22.9 Å². The van der Waals surface area contributed by atoms with Crippen LogP contribution in [-0.2, 0) is 6.54 Å². The lowest BCUT2D eigenvalue weighted by atomic mass is 9.84. The normalized spacial score (nSPS) is 17.2. The van der Waals surface area contributed by atoms with Gasteiger partial charge in [-0.2, -0.15) is 0 Å². The molecule has 10 heteroatoms. The predicted molar refractivity (Wildman–Crippen MR) is 148 cm³/mol. The molecule has 1 aliphatic heterocycles. The maximum Gasteiger partial charge on any atom is 0.320 e. The molecule has 2 amide bonds. The number of urea groups is 1. The summed E-state index contributed by atoms with van der Waals surface area (Å²) in [7, 11) is 0. The average molecular weight is 558 g/mol. The largest absolute Gasteiger partial charge is 0.391 e. The number of nitrogens with zero attached hydrogens (tertiary/aromatic N) is 4. The van der Waals surface area contributed by atoms with Gasteiger partial charge in [0.2, 0.25) is 0 Å². The van der Waals surface area contributed by atoms with Gasteiger partial charge >= 0.3 is 6.03 Å². The molecule has 3 aromatic rings. The van der Waals surface area contributed by atoms with Crippen LogP contribution in [-0.4, -0.2) is 68.9 Å². The van der Waals surface area contributed by atoms with Gasteiger partial charge in [-0.15, -0.1) is 0 Å². The van der Waals surface area contributed by atoms with Crippen molar-refractivity contribution < 1.29 is 23.1 Å². The number of hydrogen-bond donors (Lipinski definition) is 2. The van der Waals surface area contributed by atoms with E-state index >= 15 is 0 Å². The highest BCUT2D eigenvalue weighted by Crippen LogP contribution is 2.40. The second-order valence-electron chi connectivity index (χ2n) is 11.6. The topological polar surface area (TPSA) is 87.6 Å². The van der Waals surface area contributed by atoms with Crippen LogP contribution in [0.4, 0.5) is 18.0 Å². The lowest BCUT2D eigenvalue weighted by Crippen LogP contribution is -2.49. The van der Waals surface area contributed by atoms with Crippen molar-refractivity contribution in [1.29, 1.82) is 0 Å². The van der Waals surface area contributed by atoms with E-state index in [9.17, 15) is 23.1 Å². The first-order valence-electron chi connectivity index (χ1n) is 13.6. The summed E-state index contributed by atoms with van der Waals surface area (Å²) in [5, 5.41) is 10.1. The zero-order valence-electron chi connectivity index (χ0n) is 23.2. The van der Waals surface area contributed by atoms with E-state index < -0.39 is 41.9 Å². The Morgan fingerprint density at radius 2 is 1.93 bits per heavy atom. The highest BCUT2D eigenvalue weighted by atomic mass is 19.1. The molecular formula is C30H38F3N5O2. The number of hydrogen-bond acceptors (Lipinski definition) is 4. The maximum absolute atomic E-state index is 14.9. The second-order valence-corrected chi connectivity index (χ2v) is 11.6. The summed E-state index contributed by atoms with van der Waals surface area (Å²) in [5.74, 6) is -0.720. The smallest absolute Gasteiger partial charge is 0.320 e. The predicted octanol–water partition coefficient (Wildman–Crippen LogP) is 5.14. The molecule has 7 nitrogen and oxygen atoms in total. The number of carbonyl (C=O) groups excluding carboxylic acids is 1. The molecule has 40 heavy (non-hydrogen) atoms. The summed E-state index contributed by atoms with van der Waals surface area (Å²) in [6.07, 6.45) is 1.74. The minimum Gasteiger partial charge on any atom is -0.391 e. The van der Waals surface area contributed by atoms with Gasteiger partial charge in [-0.3, -0.25) is 0 Å². The Labute approximate surface area is 233 Å². The number of alkyl halides is 1. The Morgan fingerprint density at radius 3 is 2.55 bits per heavy atom. The van der Waals surface area contributed by atoms with Crippen LogP contribution in [0.25, 0.3) is 11.3 Å². The molecule has 4 rings (SSSR count). The number of β-amino-alcohol motifs (C(OH)–C–C–N with tert-alkyl or cyclic N) is 1. The van der Waals surface area contributed by atoms with Gasteiger partial charge < -0.3 is 25.2 Å². The molecule has 1 aliphatic rings. The molecule has 3 N–H and O–H groups in total. The number of aromatic nitrogens is 2. The van der Waals surface area contributed by atoms with E-state index in [2.05, 4.69) is 0 Å². The molecule has 2 aromatic carbocycles. The van der Waals surface area contributed by atoms with E-state index in [4.69, 9.17) is 10.7 Å². The molecule has 0 unspecified atom stereocenters. The van der Waals surface area contributed by atoms with Crippen LogP contribution in [0.1, 0.15) is 51.0 Å². The SMILES string of the molecule is CC(C)(C)[C@H](c1nc(-c2cc(F)ccc2F)cn1Cc1ccccc1)N(CC[C@H](N)CF)C(=O)N1CC[C@H](O)C1. The summed E-state index contributed by atoms with van der Waals surface area (Å²) >= 11 is 0. The third-order valence-electron chi connectivity index (χ3n) is 7.20. The van der Waals surface area contributed by atoms with Crippen molar-refractivity contribution in [2.24, 2.45) is 11.1 Å². The van der Waals surface area contributed by atoms with Crippen LogP contribution in [0.3, 0.4) is 0 Å². The van der Waals surface area contributed by atoms with E-state index in [1.54, 1.807) is 16.0 Å². The first-order chi connectivity index (χ1) is 19.0. The van der Waals surface area contributed by atoms with Gasteiger partial charge in [0.15, 0.2) is 0 Å². The molecule has 0 radical (unpaired) electrons. The van der Waals surface area contributed by atoms with Crippen LogP contribution in [0.2, 0.25) is 0 Å². The number of nitrogens with two attached hydrogens (primary N) is 1. The third kappa shape index (κ3) is 6.85. The summed E-state index contributed by atoms with van der Waals surface area (Å²) in [6, 6.07) is 11.2. The van der Waals surface area contributed by atoms with Gasteiger partial charge in [-0.1, -0.05) is 51.1 Å². The monoisotopic (exact) mass is 557 g/mol. The Hall–Kier alpha value is -3.37. The van der Waals surface area contributed by atoms with Gasteiger partial charge in [0.1, 0.15) is 24.1 Å². The standard InChI is InChI=1S/C30H38F3N5O2/c1-30(2,3)27(38(14-11-22(34)16-31)29(40)36-13-12-23(39)18-36)28-35-26(24-15-21(32)9-10-25(24)33)19-37(28)17-20-7-5-4-6-8-20/h4-10,15,19,22-23,27,39H,11-14,16-18,34H2,1-3H3/t22-,23-,27-/m0/s1. The Bertz CT molecular complexity index is 1290. The van der Waals surface area contributed by atoms with E-state index in [0.29, 0.717) is 25.3 Å². The van der Waals surface area contributed by atoms with Crippen molar-refractivity contribution in [3.05, 3.63) is 77.8 Å². The molecule has 216 valence electrons. The lowest BCUT2D eigenvalue weighted by Gasteiger charge is -2.41. The number of halogens is 3. The number of carbonyl (C=O) groups is 1. The first-order valence-corrected chi connectivity index (χ1v) is 13.6. The number of amides is 2. The van der Waals surface area contributed by atoms with Crippen LogP contribution in [0, 0.1) is 17.0 Å². The fraction of sp³-hybridized carbons (Fsp3) is 0.467. The van der Waals surface area contributed by atoms with Crippen molar-refractivity contribution >= 4 is 6.03 Å². The van der Waals surface area contributed by atoms with Crippen molar-refractivity contribution in [2.75, 3.05) is 26.3 Å². The number of aliphatic hydroxyl groups is 1. The number of imidazole rings is 1.